The molecule has 7 nitrogen and oxygen atoms in total. The Kier molecular flexibility index (Phi) is 3.81. The summed E-state index contributed by atoms with van der Waals surface area (Å²) in [5.74, 6) is 0.0825. The van der Waals surface area contributed by atoms with E-state index in [9.17, 15) is 4.79 Å². The predicted octanol–water partition coefficient (Wildman–Crippen LogP) is 2.18. The molecule has 1 aromatic carbocycles. The van der Waals surface area contributed by atoms with Crippen LogP contribution in [0.5, 0.6) is 0 Å². The van der Waals surface area contributed by atoms with Crippen molar-refractivity contribution in [3.63, 3.8) is 0 Å². The Bertz CT molecular complexity index is 738. The third-order valence-corrected chi connectivity index (χ3v) is 3.65. The monoisotopic (exact) mass is 319 g/mol. The average molecular weight is 320 g/mol. The number of carbonyl (C=O) groups is 1. The second kappa shape index (κ2) is 5.76. The lowest BCUT2D eigenvalue weighted by Crippen LogP contribution is -2.29. The Balaban J connectivity index is 2.13. The van der Waals surface area contributed by atoms with E-state index in [1.54, 1.807) is 30.7 Å². The van der Waals surface area contributed by atoms with Crippen LogP contribution in [0.3, 0.4) is 0 Å². The second-order valence-corrected chi connectivity index (χ2v) is 5.22. The third-order valence-electron chi connectivity index (χ3n) is 3.40. The van der Waals surface area contributed by atoms with Gasteiger partial charge in [0.25, 0.3) is 0 Å². The van der Waals surface area contributed by atoms with Crippen molar-refractivity contribution >= 4 is 23.5 Å². The molecule has 1 aliphatic heterocycles. The lowest BCUT2D eigenvalue weighted by molar-refractivity contribution is -0.139. The van der Waals surface area contributed by atoms with E-state index < -0.39 is 12.0 Å². The summed E-state index contributed by atoms with van der Waals surface area (Å²) in [6.07, 6.45) is 0. The Labute approximate surface area is 131 Å². The SMILES string of the molecule is CCOC(=O)C1=C(C)Nc2nnnn2[C@H]1c1ccc(Cl)cc1. The van der Waals surface area contributed by atoms with E-state index in [-0.39, 0.29) is 0 Å². The molecule has 0 fully saturated rings. The molecule has 1 N–H and O–H groups in total. The van der Waals surface area contributed by atoms with Gasteiger partial charge in [-0.3, -0.25) is 0 Å². The zero-order valence-electron chi connectivity index (χ0n) is 12.1. The summed E-state index contributed by atoms with van der Waals surface area (Å²) in [6.45, 7) is 3.86. The van der Waals surface area contributed by atoms with Gasteiger partial charge in [0, 0.05) is 10.7 Å². The van der Waals surface area contributed by atoms with Crippen LogP contribution in [0.1, 0.15) is 25.5 Å². The first kappa shape index (κ1) is 14.5. The van der Waals surface area contributed by atoms with Crippen LogP contribution in [0.15, 0.2) is 35.5 Å². The lowest BCUT2D eigenvalue weighted by atomic mass is 9.96. The standard InChI is InChI=1S/C14H14ClN5O2/c1-3-22-13(21)11-8(2)16-14-17-18-19-20(14)12(11)9-4-6-10(15)7-5-9/h4-7,12H,3H2,1-2H3,(H,16,17,19)/t12-/m0/s1. The molecule has 0 saturated heterocycles. The molecular formula is C14H14ClN5O2. The van der Waals surface area contributed by atoms with Crippen LogP contribution >= 0.6 is 11.6 Å². The largest absolute Gasteiger partial charge is 0.463 e. The molecule has 1 aromatic heterocycles. The summed E-state index contributed by atoms with van der Waals surface area (Å²) in [7, 11) is 0. The summed E-state index contributed by atoms with van der Waals surface area (Å²) >= 11 is 5.94. The number of esters is 1. The fourth-order valence-corrected chi connectivity index (χ4v) is 2.56. The van der Waals surface area contributed by atoms with E-state index in [1.807, 2.05) is 12.1 Å². The number of anilines is 1. The summed E-state index contributed by atoms with van der Waals surface area (Å²) in [5.41, 5.74) is 1.99. The molecule has 1 atom stereocenters. The zero-order chi connectivity index (χ0) is 15.7. The smallest absolute Gasteiger partial charge is 0.338 e. The Hall–Kier alpha value is -2.41. The van der Waals surface area contributed by atoms with E-state index in [0.717, 1.165) is 5.56 Å². The van der Waals surface area contributed by atoms with Crippen molar-refractivity contribution < 1.29 is 9.53 Å². The minimum Gasteiger partial charge on any atom is -0.463 e. The summed E-state index contributed by atoms with van der Waals surface area (Å²) < 4.78 is 6.73. The van der Waals surface area contributed by atoms with Gasteiger partial charge >= 0.3 is 5.97 Å². The minimum atomic E-state index is -0.456. The molecule has 0 saturated carbocycles. The highest BCUT2D eigenvalue weighted by Crippen LogP contribution is 2.35. The molecule has 0 aliphatic carbocycles. The van der Waals surface area contributed by atoms with Crippen LogP contribution < -0.4 is 5.32 Å². The molecule has 0 radical (unpaired) electrons. The van der Waals surface area contributed by atoms with Gasteiger partial charge in [-0.15, -0.1) is 0 Å². The highest BCUT2D eigenvalue weighted by atomic mass is 35.5. The van der Waals surface area contributed by atoms with Crippen LogP contribution in [-0.2, 0) is 9.53 Å². The van der Waals surface area contributed by atoms with Crippen LogP contribution in [0.25, 0.3) is 0 Å². The number of carbonyl (C=O) groups excluding carboxylic acids is 1. The highest BCUT2D eigenvalue weighted by Gasteiger charge is 2.34. The Morgan fingerprint density at radius 3 is 2.82 bits per heavy atom. The van der Waals surface area contributed by atoms with Crippen molar-refractivity contribution in [3.05, 3.63) is 46.1 Å². The maximum Gasteiger partial charge on any atom is 0.338 e. The number of fused-ring (bicyclic) bond motifs is 1. The van der Waals surface area contributed by atoms with Crippen molar-refractivity contribution in [1.29, 1.82) is 0 Å². The number of nitrogens with one attached hydrogen (secondary N) is 1. The van der Waals surface area contributed by atoms with Crippen molar-refractivity contribution in [2.24, 2.45) is 0 Å². The molecular weight excluding hydrogens is 306 g/mol. The maximum atomic E-state index is 12.4. The van der Waals surface area contributed by atoms with Crippen molar-refractivity contribution in [3.8, 4) is 0 Å². The highest BCUT2D eigenvalue weighted by molar-refractivity contribution is 6.30. The van der Waals surface area contributed by atoms with Gasteiger partial charge in [-0.1, -0.05) is 28.8 Å². The second-order valence-electron chi connectivity index (χ2n) is 4.79. The number of nitrogens with zero attached hydrogens (tertiary/aromatic N) is 4. The molecule has 22 heavy (non-hydrogen) atoms. The van der Waals surface area contributed by atoms with Crippen LogP contribution in [-0.4, -0.2) is 32.8 Å². The third kappa shape index (κ3) is 2.43. The van der Waals surface area contributed by atoms with E-state index in [1.165, 1.54) is 0 Å². The van der Waals surface area contributed by atoms with Gasteiger partial charge in [0.15, 0.2) is 0 Å². The van der Waals surface area contributed by atoms with Gasteiger partial charge < -0.3 is 10.1 Å². The van der Waals surface area contributed by atoms with Crippen LogP contribution in [0.4, 0.5) is 5.95 Å². The number of hydrogen-bond acceptors (Lipinski definition) is 6. The molecule has 8 heteroatoms. The number of ether oxygens (including phenoxy) is 1. The number of tetrazole rings is 1. The topological polar surface area (TPSA) is 81.9 Å². The summed E-state index contributed by atoms with van der Waals surface area (Å²) in [6, 6.07) is 6.76. The van der Waals surface area contributed by atoms with Crippen LogP contribution in [0.2, 0.25) is 5.02 Å². The normalized spacial score (nSPS) is 17.0. The Morgan fingerprint density at radius 1 is 1.41 bits per heavy atom. The number of aromatic nitrogens is 4. The van der Waals surface area contributed by atoms with Gasteiger partial charge in [0.05, 0.1) is 12.2 Å². The number of halogens is 1. The quantitative estimate of drug-likeness (QED) is 0.873. The number of benzene rings is 1. The molecule has 0 amide bonds. The van der Waals surface area contributed by atoms with E-state index in [0.29, 0.717) is 28.8 Å². The number of rotatable bonds is 3. The predicted molar refractivity (Wildman–Crippen MR) is 80.4 cm³/mol. The van der Waals surface area contributed by atoms with Gasteiger partial charge in [-0.05, 0) is 42.0 Å². The van der Waals surface area contributed by atoms with Gasteiger partial charge in [0.2, 0.25) is 5.95 Å². The number of hydrogen-bond donors (Lipinski definition) is 1. The molecule has 1 aliphatic rings. The van der Waals surface area contributed by atoms with E-state index in [2.05, 4.69) is 20.8 Å². The van der Waals surface area contributed by atoms with Crippen molar-refractivity contribution in [1.82, 2.24) is 20.2 Å². The van der Waals surface area contributed by atoms with Gasteiger partial charge in [0.1, 0.15) is 6.04 Å². The van der Waals surface area contributed by atoms with E-state index in [4.69, 9.17) is 16.3 Å². The molecule has 2 heterocycles. The van der Waals surface area contributed by atoms with Crippen molar-refractivity contribution in [2.45, 2.75) is 19.9 Å². The first-order valence-electron chi connectivity index (χ1n) is 6.80. The summed E-state index contributed by atoms with van der Waals surface area (Å²) in [4.78, 5) is 12.4. The molecule has 2 aromatic rings. The Morgan fingerprint density at radius 2 is 2.14 bits per heavy atom. The number of allylic oxidation sites excluding steroid dienone is 1. The first-order chi connectivity index (χ1) is 10.6. The molecule has 114 valence electrons. The van der Waals surface area contributed by atoms with Crippen molar-refractivity contribution in [2.75, 3.05) is 11.9 Å². The fraction of sp³-hybridized carbons (Fsp3) is 0.286. The first-order valence-corrected chi connectivity index (χ1v) is 7.18. The maximum absolute atomic E-state index is 12.4. The molecule has 0 bridgehead atoms. The van der Waals surface area contributed by atoms with Crippen LogP contribution in [0, 0.1) is 0 Å². The molecule has 0 spiro atoms. The minimum absolute atomic E-state index is 0.297. The van der Waals surface area contributed by atoms with E-state index >= 15 is 0 Å². The van der Waals surface area contributed by atoms with Gasteiger partial charge in [-0.25, -0.2) is 4.79 Å². The fourth-order valence-electron chi connectivity index (χ4n) is 2.44. The molecule has 3 rings (SSSR count). The zero-order valence-corrected chi connectivity index (χ0v) is 12.8. The lowest BCUT2D eigenvalue weighted by Gasteiger charge is -2.27. The molecule has 0 unspecified atom stereocenters. The summed E-state index contributed by atoms with van der Waals surface area (Å²) in [5, 5.41) is 15.2. The van der Waals surface area contributed by atoms with Gasteiger partial charge in [-0.2, -0.15) is 4.68 Å². The average Bonchev–Trinajstić information content (AvgIpc) is 2.94.